The van der Waals surface area contributed by atoms with Gasteiger partial charge in [0.1, 0.15) is 0 Å². The van der Waals surface area contributed by atoms with Crippen molar-refractivity contribution in [2.45, 2.75) is 12.8 Å². The topological polar surface area (TPSA) is 44.1 Å². The van der Waals surface area contributed by atoms with Gasteiger partial charge in [-0.25, -0.2) is 17.9 Å². The fraction of sp³-hybridized carbons (Fsp3) is 0.0833. The Morgan fingerprint density at radius 3 is 1.94 bits per heavy atom. The van der Waals surface area contributed by atoms with Crippen molar-refractivity contribution < 1.29 is 31.5 Å². The van der Waals surface area contributed by atoms with Crippen molar-refractivity contribution in [3.05, 3.63) is 102 Å². The lowest BCUT2D eigenvalue weighted by Gasteiger charge is -2.09. The summed E-state index contributed by atoms with van der Waals surface area (Å²) in [7, 11) is 0. The number of aromatic nitrogens is 2. The van der Waals surface area contributed by atoms with Crippen LogP contribution in [0, 0.1) is 29.1 Å². The smallest absolute Gasteiger partial charge is 0.311 e. The van der Waals surface area contributed by atoms with Crippen LogP contribution in [0.25, 0.3) is 16.9 Å². The minimum Gasteiger partial charge on any atom is -0.420 e. The summed E-state index contributed by atoms with van der Waals surface area (Å²) < 4.78 is 73.6. The Kier molecular flexibility index (Phi) is 6.21. The van der Waals surface area contributed by atoms with Crippen LogP contribution < -0.4 is 4.74 Å². The van der Waals surface area contributed by atoms with Gasteiger partial charge in [0, 0.05) is 11.8 Å². The van der Waals surface area contributed by atoms with Crippen LogP contribution >= 0.6 is 0 Å². The van der Waals surface area contributed by atoms with Crippen LogP contribution in [0.2, 0.25) is 0 Å². The molecule has 0 aliphatic heterocycles. The summed E-state index contributed by atoms with van der Waals surface area (Å²) in [6.45, 7) is 0. The molecule has 0 saturated heterocycles. The maximum atomic E-state index is 13.8. The van der Waals surface area contributed by atoms with E-state index in [-0.39, 0.29) is 12.8 Å². The third kappa shape index (κ3) is 4.48. The number of aryl methyl sites for hydroxylation is 1. The van der Waals surface area contributed by atoms with E-state index < -0.39 is 40.8 Å². The Balaban J connectivity index is 1.58. The normalized spacial score (nSPS) is 10.9. The van der Waals surface area contributed by atoms with Crippen molar-refractivity contribution >= 4 is 5.97 Å². The lowest BCUT2D eigenvalue weighted by atomic mass is 10.0. The predicted octanol–water partition coefficient (Wildman–Crippen LogP) is 5.77. The standard InChI is InChI=1S/C24H15F5N2O2/c25-18-19(26)21(28)24(22(29)20(18)27)33-17(32)12-11-15-13-31(16-9-5-2-6-10-16)30-23(15)14-7-3-1-4-8-14/h1-10,13H,11-12H2. The first-order chi connectivity index (χ1) is 15.9. The van der Waals surface area contributed by atoms with E-state index in [2.05, 4.69) is 9.84 Å². The van der Waals surface area contributed by atoms with E-state index in [0.717, 1.165) is 11.3 Å². The second-order valence-electron chi connectivity index (χ2n) is 7.02. The SMILES string of the molecule is O=C(CCc1cn(-c2ccccc2)nc1-c1ccccc1)Oc1c(F)c(F)c(F)c(F)c1F. The number of halogens is 5. The van der Waals surface area contributed by atoms with E-state index in [1.54, 1.807) is 10.9 Å². The summed E-state index contributed by atoms with van der Waals surface area (Å²) in [6, 6.07) is 18.3. The zero-order valence-electron chi connectivity index (χ0n) is 16.9. The Morgan fingerprint density at radius 1 is 0.788 bits per heavy atom. The third-order valence-corrected chi connectivity index (χ3v) is 4.84. The van der Waals surface area contributed by atoms with Gasteiger partial charge in [0.25, 0.3) is 0 Å². The molecule has 1 aromatic heterocycles. The molecule has 33 heavy (non-hydrogen) atoms. The Bertz CT molecular complexity index is 1280. The van der Waals surface area contributed by atoms with Crippen LogP contribution in [0.3, 0.4) is 0 Å². The molecule has 4 nitrogen and oxygen atoms in total. The molecule has 0 N–H and O–H groups in total. The fourth-order valence-corrected chi connectivity index (χ4v) is 3.22. The number of hydrogen-bond acceptors (Lipinski definition) is 3. The first-order valence-electron chi connectivity index (χ1n) is 9.78. The molecular formula is C24H15F5N2O2. The van der Waals surface area contributed by atoms with Gasteiger partial charge in [0.15, 0.2) is 0 Å². The van der Waals surface area contributed by atoms with Crippen LogP contribution in [0.5, 0.6) is 5.75 Å². The number of carbonyl (C=O) groups excluding carboxylic acids is 1. The minimum atomic E-state index is -2.33. The van der Waals surface area contributed by atoms with Crippen molar-refractivity contribution in [2.24, 2.45) is 0 Å². The van der Waals surface area contributed by atoms with E-state index in [0.29, 0.717) is 11.3 Å². The highest BCUT2D eigenvalue weighted by Gasteiger charge is 2.28. The average Bonchev–Trinajstić information content (AvgIpc) is 3.28. The highest BCUT2D eigenvalue weighted by Crippen LogP contribution is 2.30. The molecule has 4 aromatic rings. The molecule has 0 atom stereocenters. The molecule has 0 aliphatic carbocycles. The van der Waals surface area contributed by atoms with Crippen molar-refractivity contribution in [1.29, 1.82) is 0 Å². The third-order valence-electron chi connectivity index (χ3n) is 4.84. The highest BCUT2D eigenvalue weighted by atomic mass is 19.2. The Hall–Kier alpha value is -4.01. The van der Waals surface area contributed by atoms with E-state index in [1.165, 1.54) is 0 Å². The lowest BCUT2D eigenvalue weighted by molar-refractivity contribution is -0.134. The number of nitrogens with zero attached hydrogens (tertiary/aromatic N) is 2. The number of ether oxygens (including phenoxy) is 1. The fourth-order valence-electron chi connectivity index (χ4n) is 3.22. The molecule has 0 spiro atoms. The summed E-state index contributed by atoms with van der Waals surface area (Å²) in [6.07, 6.45) is 1.36. The molecule has 0 aliphatic rings. The van der Waals surface area contributed by atoms with Crippen LogP contribution in [0.1, 0.15) is 12.0 Å². The highest BCUT2D eigenvalue weighted by molar-refractivity contribution is 5.73. The van der Waals surface area contributed by atoms with Crippen LogP contribution in [0.4, 0.5) is 22.0 Å². The monoisotopic (exact) mass is 458 g/mol. The van der Waals surface area contributed by atoms with Gasteiger partial charge in [0.2, 0.25) is 34.8 Å². The van der Waals surface area contributed by atoms with Crippen molar-refractivity contribution in [2.75, 3.05) is 0 Å². The molecule has 4 rings (SSSR count). The van der Waals surface area contributed by atoms with Crippen molar-refractivity contribution in [3.8, 4) is 22.7 Å². The summed E-state index contributed by atoms with van der Waals surface area (Å²) in [5.41, 5.74) is 2.74. The van der Waals surface area contributed by atoms with Gasteiger partial charge in [0.05, 0.1) is 17.8 Å². The first-order valence-corrected chi connectivity index (χ1v) is 9.78. The van der Waals surface area contributed by atoms with E-state index in [4.69, 9.17) is 0 Å². The summed E-state index contributed by atoms with van der Waals surface area (Å²) in [4.78, 5) is 12.2. The quantitative estimate of drug-likeness (QED) is 0.121. The van der Waals surface area contributed by atoms with E-state index in [1.807, 2.05) is 60.7 Å². The number of para-hydroxylation sites is 1. The maximum absolute atomic E-state index is 13.8. The molecular weight excluding hydrogens is 443 g/mol. The zero-order chi connectivity index (χ0) is 23.5. The van der Waals surface area contributed by atoms with E-state index >= 15 is 0 Å². The number of carbonyl (C=O) groups is 1. The van der Waals surface area contributed by atoms with Gasteiger partial charge in [-0.2, -0.15) is 13.9 Å². The van der Waals surface area contributed by atoms with Gasteiger partial charge in [-0.3, -0.25) is 4.79 Å². The van der Waals surface area contributed by atoms with Gasteiger partial charge >= 0.3 is 5.97 Å². The first kappa shape index (κ1) is 22.2. The predicted molar refractivity (Wildman–Crippen MR) is 109 cm³/mol. The summed E-state index contributed by atoms with van der Waals surface area (Å²) >= 11 is 0. The molecule has 9 heteroatoms. The molecule has 3 aromatic carbocycles. The Morgan fingerprint density at radius 2 is 1.33 bits per heavy atom. The second-order valence-corrected chi connectivity index (χ2v) is 7.02. The van der Waals surface area contributed by atoms with Gasteiger partial charge in [-0.15, -0.1) is 0 Å². The number of esters is 1. The average molecular weight is 458 g/mol. The maximum Gasteiger partial charge on any atom is 0.311 e. The van der Waals surface area contributed by atoms with Gasteiger partial charge in [-0.05, 0) is 24.1 Å². The molecule has 0 saturated carbocycles. The van der Waals surface area contributed by atoms with Gasteiger partial charge in [-0.1, -0.05) is 48.5 Å². The largest absolute Gasteiger partial charge is 0.420 e. The van der Waals surface area contributed by atoms with E-state index in [9.17, 15) is 26.7 Å². The van der Waals surface area contributed by atoms with Crippen LogP contribution in [-0.2, 0) is 11.2 Å². The molecule has 1 heterocycles. The van der Waals surface area contributed by atoms with Gasteiger partial charge < -0.3 is 4.74 Å². The van der Waals surface area contributed by atoms with Crippen molar-refractivity contribution in [3.63, 3.8) is 0 Å². The minimum absolute atomic E-state index is 0.0469. The number of rotatable bonds is 6. The summed E-state index contributed by atoms with van der Waals surface area (Å²) in [5.74, 6) is -13.9. The second kappa shape index (κ2) is 9.23. The van der Waals surface area contributed by atoms with Crippen LogP contribution in [0.15, 0.2) is 66.9 Å². The molecule has 0 fully saturated rings. The Labute approximate surface area is 184 Å². The molecule has 0 radical (unpaired) electrons. The molecule has 0 unspecified atom stereocenters. The molecule has 0 bridgehead atoms. The van der Waals surface area contributed by atoms with Crippen LogP contribution in [-0.4, -0.2) is 15.7 Å². The molecule has 0 amide bonds. The number of benzene rings is 3. The molecule has 168 valence electrons. The summed E-state index contributed by atoms with van der Waals surface area (Å²) in [5, 5.41) is 4.58. The lowest BCUT2D eigenvalue weighted by Crippen LogP contribution is -2.14. The van der Waals surface area contributed by atoms with Crippen molar-refractivity contribution in [1.82, 2.24) is 9.78 Å². The zero-order valence-corrected chi connectivity index (χ0v) is 16.9. The number of hydrogen-bond donors (Lipinski definition) is 0.